The Morgan fingerprint density at radius 3 is 1.77 bits per heavy atom. The third kappa shape index (κ3) is 3.63. The van der Waals surface area contributed by atoms with Crippen molar-refractivity contribution in [3.63, 3.8) is 0 Å². The molecule has 0 aliphatic carbocycles. The fraction of sp³-hybridized carbons (Fsp3) is 0.259. The molecule has 0 bridgehead atoms. The van der Waals surface area contributed by atoms with Crippen LogP contribution in [0.5, 0.6) is 0 Å². The number of carbonyl (C=O) groups is 2. The number of nitrogens with zero attached hydrogens (tertiary/aromatic N) is 2. The summed E-state index contributed by atoms with van der Waals surface area (Å²) in [5.41, 5.74) is 5.30. The monoisotopic (exact) mass is 412 g/mol. The van der Waals surface area contributed by atoms with E-state index in [-0.39, 0.29) is 11.6 Å². The minimum atomic E-state index is 0.00752. The van der Waals surface area contributed by atoms with Crippen LogP contribution in [0, 0.1) is 0 Å². The van der Waals surface area contributed by atoms with Crippen LogP contribution < -0.4 is 4.90 Å². The van der Waals surface area contributed by atoms with Crippen LogP contribution in [0.3, 0.4) is 0 Å². The topological polar surface area (TPSA) is 42.3 Å². The van der Waals surface area contributed by atoms with E-state index in [1.165, 1.54) is 0 Å². The zero-order chi connectivity index (χ0) is 22.1. The summed E-state index contributed by atoms with van der Waals surface area (Å²) >= 11 is 0. The van der Waals surface area contributed by atoms with Gasteiger partial charge in [0.1, 0.15) is 0 Å². The molecule has 4 rings (SSSR count). The van der Waals surface area contributed by atoms with Crippen LogP contribution in [0.2, 0.25) is 0 Å². The summed E-state index contributed by atoms with van der Waals surface area (Å²) in [7, 11) is 0. The molecule has 0 saturated heterocycles. The fourth-order valence-electron chi connectivity index (χ4n) is 4.38. The molecule has 0 atom stereocenters. The van der Waals surface area contributed by atoms with Gasteiger partial charge in [-0.3, -0.25) is 9.59 Å². The van der Waals surface area contributed by atoms with Crippen molar-refractivity contribution in [2.75, 3.05) is 18.0 Å². The number of hydrogen-bond acceptors (Lipinski definition) is 3. The zero-order valence-electron chi connectivity index (χ0n) is 18.6. The second-order valence-electron chi connectivity index (χ2n) is 7.81. The molecule has 0 spiro atoms. The van der Waals surface area contributed by atoms with Crippen LogP contribution in [0.4, 0.5) is 5.69 Å². The largest absolute Gasteiger partial charge is 0.372 e. The Balaban J connectivity index is 1.79. The molecule has 0 saturated carbocycles. The van der Waals surface area contributed by atoms with Gasteiger partial charge in [0, 0.05) is 63.8 Å². The molecular formula is C27H28N2O2. The summed E-state index contributed by atoms with van der Waals surface area (Å²) in [4.78, 5) is 27.4. The van der Waals surface area contributed by atoms with Gasteiger partial charge < -0.3 is 9.47 Å². The highest BCUT2D eigenvalue weighted by Gasteiger charge is 2.16. The van der Waals surface area contributed by atoms with Crippen molar-refractivity contribution in [1.82, 2.24) is 4.57 Å². The lowest BCUT2D eigenvalue weighted by Gasteiger charge is -2.21. The molecule has 0 N–H and O–H groups in total. The van der Waals surface area contributed by atoms with Gasteiger partial charge >= 0.3 is 0 Å². The first kappa shape index (κ1) is 20.9. The Kier molecular flexibility index (Phi) is 5.64. The minimum absolute atomic E-state index is 0.00752. The summed E-state index contributed by atoms with van der Waals surface area (Å²) in [6.45, 7) is 10.6. The van der Waals surface area contributed by atoms with E-state index in [0.717, 1.165) is 47.1 Å². The molecular weight excluding hydrogens is 384 g/mol. The molecule has 1 heterocycles. The Morgan fingerprint density at radius 2 is 1.26 bits per heavy atom. The first-order chi connectivity index (χ1) is 15.0. The Morgan fingerprint density at radius 1 is 0.742 bits per heavy atom. The Bertz CT molecular complexity index is 1280. The van der Waals surface area contributed by atoms with Crippen LogP contribution in [0.25, 0.3) is 21.8 Å². The quantitative estimate of drug-likeness (QED) is 0.345. The lowest BCUT2D eigenvalue weighted by atomic mass is 10.00. The van der Waals surface area contributed by atoms with Gasteiger partial charge in [-0.15, -0.1) is 0 Å². The van der Waals surface area contributed by atoms with E-state index in [1.54, 1.807) is 6.92 Å². The van der Waals surface area contributed by atoms with E-state index >= 15 is 0 Å². The highest BCUT2D eigenvalue weighted by Crippen LogP contribution is 2.31. The number of hydrogen-bond donors (Lipinski definition) is 0. The molecule has 158 valence electrons. The summed E-state index contributed by atoms with van der Waals surface area (Å²) in [5.74, 6) is 0.0490. The molecule has 31 heavy (non-hydrogen) atoms. The van der Waals surface area contributed by atoms with Gasteiger partial charge in [-0.05, 0) is 88.4 Å². The van der Waals surface area contributed by atoms with Crippen molar-refractivity contribution in [1.29, 1.82) is 0 Å². The second-order valence-corrected chi connectivity index (χ2v) is 7.81. The van der Waals surface area contributed by atoms with Crippen molar-refractivity contribution < 1.29 is 9.59 Å². The Hall–Kier alpha value is -3.40. The number of aromatic nitrogens is 1. The summed E-state index contributed by atoms with van der Waals surface area (Å²) < 4.78 is 2.22. The molecule has 0 aliphatic heterocycles. The van der Waals surface area contributed by atoms with Crippen molar-refractivity contribution in [2.24, 2.45) is 0 Å². The predicted molar refractivity (Wildman–Crippen MR) is 129 cm³/mol. The van der Waals surface area contributed by atoms with E-state index < -0.39 is 0 Å². The summed E-state index contributed by atoms with van der Waals surface area (Å²) in [6, 6.07) is 19.5. The molecule has 0 aliphatic rings. The van der Waals surface area contributed by atoms with Crippen LogP contribution in [-0.4, -0.2) is 29.2 Å². The normalized spacial score (nSPS) is 11.2. The molecule has 4 nitrogen and oxygen atoms in total. The maximum Gasteiger partial charge on any atom is 0.193 e. The van der Waals surface area contributed by atoms with Crippen molar-refractivity contribution in [3.8, 4) is 0 Å². The molecule has 4 aromatic rings. The minimum Gasteiger partial charge on any atom is -0.372 e. The SMILES string of the molecule is CCN(CC)c1ccc(C(=O)c2ccc3c(c2)c2cc(C(C)=O)ccc2n3CC)cc1. The van der Waals surface area contributed by atoms with Gasteiger partial charge in [0.25, 0.3) is 0 Å². The molecule has 1 aromatic heterocycles. The molecule has 0 unspecified atom stereocenters. The van der Waals surface area contributed by atoms with Gasteiger partial charge in [-0.2, -0.15) is 0 Å². The number of fused-ring (bicyclic) bond motifs is 3. The smallest absolute Gasteiger partial charge is 0.193 e. The lowest BCUT2D eigenvalue weighted by molar-refractivity contribution is 0.101. The van der Waals surface area contributed by atoms with Gasteiger partial charge in [0.15, 0.2) is 11.6 Å². The van der Waals surface area contributed by atoms with E-state index in [4.69, 9.17) is 0 Å². The number of Topliss-reactive ketones (excluding diaryl/α,β-unsaturated/α-hetero) is 1. The highest BCUT2D eigenvalue weighted by atomic mass is 16.1. The number of ketones is 2. The van der Waals surface area contributed by atoms with E-state index in [2.05, 4.69) is 30.2 Å². The summed E-state index contributed by atoms with van der Waals surface area (Å²) in [6.07, 6.45) is 0. The number of anilines is 1. The zero-order valence-corrected chi connectivity index (χ0v) is 18.6. The summed E-state index contributed by atoms with van der Waals surface area (Å²) in [5, 5.41) is 2.02. The highest BCUT2D eigenvalue weighted by molar-refractivity contribution is 6.15. The lowest BCUT2D eigenvalue weighted by Crippen LogP contribution is -2.21. The van der Waals surface area contributed by atoms with Crippen LogP contribution >= 0.6 is 0 Å². The van der Waals surface area contributed by atoms with E-state index in [1.807, 2.05) is 60.7 Å². The maximum absolute atomic E-state index is 13.2. The van der Waals surface area contributed by atoms with E-state index in [0.29, 0.717) is 16.7 Å². The van der Waals surface area contributed by atoms with Crippen LogP contribution in [0.15, 0.2) is 60.7 Å². The van der Waals surface area contributed by atoms with Crippen molar-refractivity contribution in [3.05, 3.63) is 77.4 Å². The number of rotatable bonds is 7. The standard InChI is InChI=1S/C27H28N2O2/c1-5-28(6-2)22-12-8-19(9-13-22)27(31)21-11-15-26-24(17-21)23-16-20(18(4)30)10-14-25(23)29(26)7-3/h8-17H,5-7H2,1-4H3. The third-order valence-electron chi connectivity index (χ3n) is 6.11. The molecule has 0 fully saturated rings. The first-order valence-corrected chi connectivity index (χ1v) is 10.9. The number of benzene rings is 3. The Labute approximate surface area is 183 Å². The maximum atomic E-state index is 13.2. The van der Waals surface area contributed by atoms with Gasteiger partial charge in [0.05, 0.1) is 0 Å². The van der Waals surface area contributed by atoms with Crippen LogP contribution in [0.1, 0.15) is 54.0 Å². The number of aryl methyl sites for hydroxylation is 1. The molecule has 0 amide bonds. The van der Waals surface area contributed by atoms with Gasteiger partial charge in [0.2, 0.25) is 0 Å². The molecule has 3 aromatic carbocycles. The van der Waals surface area contributed by atoms with E-state index in [9.17, 15) is 9.59 Å². The van der Waals surface area contributed by atoms with Crippen molar-refractivity contribution >= 4 is 39.1 Å². The van der Waals surface area contributed by atoms with Crippen molar-refractivity contribution in [2.45, 2.75) is 34.2 Å². The molecule has 4 heteroatoms. The average Bonchev–Trinajstić information content (AvgIpc) is 3.12. The molecule has 0 radical (unpaired) electrons. The first-order valence-electron chi connectivity index (χ1n) is 10.9. The number of carbonyl (C=O) groups excluding carboxylic acids is 2. The van der Waals surface area contributed by atoms with Gasteiger partial charge in [-0.1, -0.05) is 0 Å². The predicted octanol–water partition coefficient (Wildman–Crippen LogP) is 6.09. The second kappa shape index (κ2) is 8.38. The third-order valence-corrected chi connectivity index (χ3v) is 6.11. The van der Waals surface area contributed by atoms with Crippen LogP contribution in [-0.2, 0) is 6.54 Å². The van der Waals surface area contributed by atoms with Gasteiger partial charge in [-0.25, -0.2) is 0 Å². The average molecular weight is 413 g/mol. The fourth-order valence-corrected chi connectivity index (χ4v) is 4.38.